The number of nitrogens with one attached hydrogen (secondary N) is 1. The molecule has 1 aromatic rings. The van der Waals surface area contributed by atoms with Crippen LogP contribution < -0.4 is 10.8 Å². The van der Waals surface area contributed by atoms with Gasteiger partial charge in [-0.1, -0.05) is 17.6 Å². The molecule has 0 fully saturated rings. The topological polar surface area (TPSA) is 29.1 Å². The Balaban J connectivity index is 2.90. The Morgan fingerprint density at radius 3 is 2.53 bits per heavy atom. The number of benzene rings is 1. The minimum absolute atomic E-state index is 0.192. The van der Waals surface area contributed by atoms with E-state index in [1.165, 1.54) is 6.07 Å². The van der Waals surface area contributed by atoms with Gasteiger partial charge in [0.25, 0.3) is 0 Å². The summed E-state index contributed by atoms with van der Waals surface area (Å²) in [6.07, 6.45) is -4.85. The van der Waals surface area contributed by atoms with E-state index in [4.69, 9.17) is 0 Å². The van der Waals surface area contributed by atoms with Gasteiger partial charge in [0.2, 0.25) is 0 Å². The molecule has 0 bridgehead atoms. The van der Waals surface area contributed by atoms with Crippen molar-refractivity contribution in [1.82, 2.24) is 0 Å². The van der Waals surface area contributed by atoms with Gasteiger partial charge in [0.15, 0.2) is 0 Å². The van der Waals surface area contributed by atoms with Gasteiger partial charge in [0.05, 0.1) is 0 Å². The average molecular weight is 215 g/mol. The van der Waals surface area contributed by atoms with Crippen LogP contribution in [-0.2, 0) is 4.79 Å². The molecule has 15 heavy (non-hydrogen) atoms. The van der Waals surface area contributed by atoms with Crippen molar-refractivity contribution in [2.24, 2.45) is 0 Å². The quantitative estimate of drug-likeness (QED) is 0.688. The lowest BCUT2D eigenvalue weighted by molar-refractivity contribution is -0.167. The van der Waals surface area contributed by atoms with Gasteiger partial charge in [-0.3, -0.25) is 4.79 Å². The molecule has 0 unspecified atom stereocenters. The van der Waals surface area contributed by atoms with Crippen LogP contribution in [0.15, 0.2) is 18.2 Å². The van der Waals surface area contributed by atoms with Gasteiger partial charge in [-0.2, -0.15) is 13.2 Å². The molecule has 1 N–H and O–H groups in total. The highest BCUT2D eigenvalue weighted by Gasteiger charge is 2.38. The maximum atomic E-state index is 12.0. The molecule has 0 aliphatic carbocycles. The van der Waals surface area contributed by atoms with Crippen LogP contribution in [0, 0.1) is 6.92 Å². The first-order valence-electron chi connectivity index (χ1n) is 4.26. The minimum atomic E-state index is -4.85. The Hall–Kier alpha value is -1.46. The van der Waals surface area contributed by atoms with E-state index >= 15 is 0 Å². The number of carbonyl (C=O) groups is 1. The normalized spacial score (nSPS) is 11.2. The fraction of sp³-hybridized carbons (Fsp3) is 0.222. The molecule has 1 rings (SSSR count). The number of amides is 1. The van der Waals surface area contributed by atoms with Gasteiger partial charge in [-0.05, 0) is 18.6 Å². The van der Waals surface area contributed by atoms with Crippen molar-refractivity contribution in [1.29, 1.82) is 0 Å². The molecule has 1 aromatic carbocycles. The van der Waals surface area contributed by atoms with Crippen LogP contribution in [0.25, 0.3) is 0 Å². The van der Waals surface area contributed by atoms with E-state index in [1.807, 2.05) is 5.32 Å². The SMILES string of the molecule is Bc1ccc(C)cc1NC(=O)C(F)(F)F. The van der Waals surface area contributed by atoms with Crippen molar-refractivity contribution in [3.63, 3.8) is 0 Å². The third kappa shape index (κ3) is 3.01. The summed E-state index contributed by atoms with van der Waals surface area (Å²) in [5.74, 6) is -1.95. The molecule has 2 nitrogen and oxygen atoms in total. The Kier molecular flexibility index (Phi) is 3.07. The highest BCUT2D eigenvalue weighted by atomic mass is 19.4. The first kappa shape index (κ1) is 11.6. The summed E-state index contributed by atoms with van der Waals surface area (Å²) in [5.41, 5.74) is 1.58. The first-order valence-corrected chi connectivity index (χ1v) is 4.26. The molecular formula is C9H9BF3NO. The summed E-state index contributed by atoms with van der Waals surface area (Å²) in [5, 5.41) is 1.83. The molecule has 1 amide bonds. The van der Waals surface area contributed by atoms with E-state index in [2.05, 4.69) is 0 Å². The molecular weight excluding hydrogens is 206 g/mol. The number of anilines is 1. The number of halogens is 3. The number of rotatable bonds is 1. The van der Waals surface area contributed by atoms with Gasteiger partial charge in [0, 0.05) is 5.69 Å². The summed E-state index contributed by atoms with van der Waals surface area (Å²) >= 11 is 0. The van der Waals surface area contributed by atoms with Gasteiger partial charge in [0.1, 0.15) is 7.85 Å². The minimum Gasteiger partial charge on any atom is -0.319 e. The average Bonchev–Trinajstić information content (AvgIpc) is 2.09. The number of aryl methyl sites for hydroxylation is 1. The largest absolute Gasteiger partial charge is 0.471 e. The van der Waals surface area contributed by atoms with E-state index < -0.39 is 12.1 Å². The maximum absolute atomic E-state index is 12.0. The predicted molar refractivity (Wildman–Crippen MR) is 54.0 cm³/mol. The Morgan fingerprint density at radius 2 is 2.00 bits per heavy atom. The fourth-order valence-electron chi connectivity index (χ4n) is 1.06. The van der Waals surface area contributed by atoms with Crippen LogP contribution in [0.5, 0.6) is 0 Å². The van der Waals surface area contributed by atoms with Crippen LogP contribution in [-0.4, -0.2) is 19.9 Å². The third-order valence-electron chi connectivity index (χ3n) is 1.90. The Bertz CT molecular complexity index is 389. The summed E-state index contributed by atoms with van der Waals surface area (Å²) in [4.78, 5) is 10.7. The summed E-state index contributed by atoms with van der Waals surface area (Å²) < 4.78 is 35.9. The van der Waals surface area contributed by atoms with Gasteiger partial charge >= 0.3 is 12.1 Å². The maximum Gasteiger partial charge on any atom is 0.471 e. The van der Waals surface area contributed by atoms with E-state index in [0.29, 0.717) is 5.46 Å². The highest BCUT2D eigenvalue weighted by Crippen LogP contribution is 2.17. The Labute approximate surface area is 85.9 Å². The molecule has 0 aromatic heterocycles. The van der Waals surface area contributed by atoms with Crippen LogP contribution in [0.2, 0.25) is 0 Å². The lowest BCUT2D eigenvalue weighted by Crippen LogP contribution is -2.32. The third-order valence-corrected chi connectivity index (χ3v) is 1.90. The van der Waals surface area contributed by atoms with Crippen molar-refractivity contribution >= 4 is 24.9 Å². The lowest BCUT2D eigenvalue weighted by atomic mass is 9.93. The Morgan fingerprint density at radius 1 is 1.40 bits per heavy atom. The molecule has 0 heterocycles. The second-order valence-electron chi connectivity index (χ2n) is 3.27. The van der Waals surface area contributed by atoms with E-state index in [9.17, 15) is 18.0 Å². The van der Waals surface area contributed by atoms with Crippen LogP contribution >= 0.6 is 0 Å². The van der Waals surface area contributed by atoms with E-state index in [-0.39, 0.29) is 5.69 Å². The number of carbonyl (C=O) groups excluding carboxylic acids is 1. The van der Waals surface area contributed by atoms with Gasteiger partial charge in [-0.25, -0.2) is 0 Å². The molecule has 0 saturated carbocycles. The van der Waals surface area contributed by atoms with E-state index in [1.54, 1.807) is 26.9 Å². The monoisotopic (exact) mass is 215 g/mol. The second kappa shape index (κ2) is 3.96. The second-order valence-corrected chi connectivity index (χ2v) is 3.27. The number of hydrogen-bond donors (Lipinski definition) is 1. The van der Waals surface area contributed by atoms with Crippen LogP contribution in [0.1, 0.15) is 5.56 Å². The van der Waals surface area contributed by atoms with Crippen molar-refractivity contribution in [3.8, 4) is 0 Å². The molecule has 6 heteroatoms. The number of hydrogen-bond acceptors (Lipinski definition) is 1. The van der Waals surface area contributed by atoms with Crippen molar-refractivity contribution < 1.29 is 18.0 Å². The zero-order valence-corrected chi connectivity index (χ0v) is 8.27. The molecule has 0 saturated heterocycles. The first-order chi connectivity index (χ1) is 6.80. The van der Waals surface area contributed by atoms with Crippen LogP contribution in [0.3, 0.4) is 0 Å². The molecule has 0 aliphatic heterocycles. The molecule has 80 valence electrons. The van der Waals surface area contributed by atoms with Gasteiger partial charge < -0.3 is 5.32 Å². The lowest BCUT2D eigenvalue weighted by Gasteiger charge is -2.10. The smallest absolute Gasteiger partial charge is 0.319 e. The molecule has 0 aliphatic rings. The molecule has 0 radical (unpaired) electrons. The van der Waals surface area contributed by atoms with Gasteiger partial charge in [-0.15, -0.1) is 0 Å². The highest BCUT2D eigenvalue weighted by molar-refractivity contribution is 6.36. The zero-order chi connectivity index (χ0) is 11.6. The molecule has 0 atom stereocenters. The predicted octanol–water partition coefficient (Wildman–Crippen LogP) is 0.754. The molecule has 0 spiro atoms. The van der Waals surface area contributed by atoms with Crippen molar-refractivity contribution in [3.05, 3.63) is 23.8 Å². The standard InChI is InChI=1S/C9H9BF3NO/c1-5-2-3-6(10)7(4-5)14-8(15)9(11,12)13/h2-4H,10H2,1H3,(H,14,15). The number of alkyl halides is 3. The summed E-state index contributed by atoms with van der Waals surface area (Å²) in [6.45, 7) is 1.74. The fourth-order valence-corrected chi connectivity index (χ4v) is 1.06. The zero-order valence-electron chi connectivity index (χ0n) is 8.27. The van der Waals surface area contributed by atoms with Crippen LogP contribution in [0.4, 0.5) is 18.9 Å². The van der Waals surface area contributed by atoms with E-state index in [0.717, 1.165) is 5.56 Å². The van der Waals surface area contributed by atoms with Crippen molar-refractivity contribution in [2.75, 3.05) is 5.32 Å². The van der Waals surface area contributed by atoms with Crippen molar-refractivity contribution in [2.45, 2.75) is 13.1 Å². The summed E-state index contributed by atoms with van der Waals surface area (Å²) in [6, 6.07) is 4.92. The summed E-state index contributed by atoms with van der Waals surface area (Å²) in [7, 11) is 1.63.